The van der Waals surface area contributed by atoms with Gasteiger partial charge in [-0.1, -0.05) is 24.3 Å². The second-order valence-corrected chi connectivity index (χ2v) is 6.68. The Hall–Kier alpha value is -1.73. The highest BCUT2D eigenvalue weighted by Crippen LogP contribution is 2.34. The van der Waals surface area contributed by atoms with Crippen LogP contribution in [0.15, 0.2) is 47.1 Å². The minimum absolute atomic E-state index is 0.429. The molecular formula is C18H17BrN2O3. The summed E-state index contributed by atoms with van der Waals surface area (Å²) in [6.07, 6.45) is 0.666. The summed E-state index contributed by atoms with van der Waals surface area (Å²) >= 11 is 3.48. The second-order valence-electron chi connectivity index (χ2n) is 5.76. The Morgan fingerprint density at radius 2 is 1.96 bits per heavy atom. The average Bonchev–Trinajstić information content (AvgIpc) is 3.21. The molecular weight excluding hydrogens is 372 g/mol. The monoisotopic (exact) mass is 388 g/mol. The third-order valence-electron chi connectivity index (χ3n) is 4.23. The highest BCUT2D eigenvalue weighted by molar-refractivity contribution is 9.10. The molecule has 124 valence electrons. The SMILES string of the molecule is Cc1nc2ccc(Br)cn2c1C(O)c1ccccc1C1OCCO1. The number of nitrogens with zero attached hydrogens (tertiary/aromatic N) is 2. The van der Waals surface area contributed by atoms with Gasteiger partial charge in [-0.15, -0.1) is 0 Å². The molecule has 1 N–H and O–H groups in total. The minimum atomic E-state index is -0.821. The van der Waals surface area contributed by atoms with Gasteiger partial charge in [-0.2, -0.15) is 0 Å². The summed E-state index contributed by atoms with van der Waals surface area (Å²) in [4.78, 5) is 4.55. The molecule has 1 saturated heterocycles. The smallest absolute Gasteiger partial charge is 0.184 e. The predicted octanol–water partition coefficient (Wildman–Crippen LogP) is 3.53. The summed E-state index contributed by atoms with van der Waals surface area (Å²) in [6, 6.07) is 11.5. The maximum absolute atomic E-state index is 11.1. The van der Waals surface area contributed by atoms with E-state index in [2.05, 4.69) is 20.9 Å². The molecule has 1 fully saturated rings. The van der Waals surface area contributed by atoms with Crippen LogP contribution in [0.25, 0.3) is 5.65 Å². The zero-order valence-electron chi connectivity index (χ0n) is 13.1. The molecule has 0 saturated carbocycles. The van der Waals surface area contributed by atoms with Crippen molar-refractivity contribution in [3.05, 3.63) is 69.6 Å². The molecule has 1 aromatic carbocycles. The molecule has 0 amide bonds. The summed E-state index contributed by atoms with van der Waals surface area (Å²) in [5.74, 6) is 0. The van der Waals surface area contributed by atoms with Gasteiger partial charge in [0.05, 0.1) is 24.6 Å². The lowest BCUT2D eigenvalue weighted by atomic mass is 9.99. The number of ether oxygens (including phenoxy) is 2. The number of hydrogen-bond donors (Lipinski definition) is 1. The van der Waals surface area contributed by atoms with Crippen LogP contribution in [0.1, 0.15) is 34.9 Å². The molecule has 0 radical (unpaired) electrons. The summed E-state index contributed by atoms with van der Waals surface area (Å²) in [6.45, 7) is 3.04. The van der Waals surface area contributed by atoms with Gasteiger partial charge in [0.25, 0.3) is 0 Å². The van der Waals surface area contributed by atoms with Crippen molar-refractivity contribution in [1.82, 2.24) is 9.38 Å². The molecule has 6 heteroatoms. The molecule has 1 aliphatic rings. The first-order chi connectivity index (χ1) is 11.6. The summed E-state index contributed by atoms with van der Waals surface area (Å²) in [5.41, 5.74) is 3.97. The van der Waals surface area contributed by atoms with Crippen molar-refractivity contribution in [2.45, 2.75) is 19.3 Å². The zero-order chi connectivity index (χ0) is 16.7. The van der Waals surface area contributed by atoms with E-state index < -0.39 is 12.4 Å². The Morgan fingerprint density at radius 3 is 2.75 bits per heavy atom. The van der Waals surface area contributed by atoms with Crippen LogP contribution in [-0.2, 0) is 9.47 Å². The molecule has 1 unspecified atom stereocenters. The van der Waals surface area contributed by atoms with E-state index in [1.807, 2.05) is 53.9 Å². The summed E-state index contributed by atoms with van der Waals surface area (Å²) in [7, 11) is 0. The average molecular weight is 389 g/mol. The lowest BCUT2D eigenvalue weighted by molar-refractivity contribution is -0.0457. The number of aromatic nitrogens is 2. The number of fused-ring (bicyclic) bond motifs is 1. The fourth-order valence-corrected chi connectivity index (χ4v) is 3.48. The predicted molar refractivity (Wildman–Crippen MR) is 92.8 cm³/mol. The van der Waals surface area contributed by atoms with Gasteiger partial charge >= 0.3 is 0 Å². The van der Waals surface area contributed by atoms with E-state index in [-0.39, 0.29) is 0 Å². The van der Waals surface area contributed by atoms with Gasteiger partial charge in [0, 0.05) is 16.2 Å². The third-order valence-corrected chi connectivity index (χ3v) is 4.70. The van der Waals surface area contributed by atoms with Gasteiger partial charge in [-0.25, -0.2) is 4.98 Å². The number of aryl methyl sites for hydroxylation is 1. The third kappa shape index (κ3) is 2.65. The molecule has 0 aliphatic carbocycles. The van der Waals surface area contributed by atoms with Crippen molar-refractivity contribution in [3.8, 4) is 0 Å². The van der Waals surface area contributed by atoms with Crippen molar-refractivity contribution in [2.24, 2.45) is 0 Å². The number of rotatable bonds is 3. The van der Waals surface area contributed by atoms with Gasteiger partial charge in [-0.3, -0.25) is 4.40 Å². The summed E-state index contributed by atoms with van der Waals surface area (Å²) in [5, 5.41) is 11.1. The molecule has 4 rings (SSSR count). The lowest BCUT2D eigenvalue weighted by Crippen LogP contribution is -2.11. The summed E-state index contributed by atoms with van der Waals surface area (Å²) < 4.78 is 14.1. The quantitative estimate of drug-likeness (QED) is 0.745. The first kappa shape index (κ1) is 15.8. The zero-order valence-corrected chi connectivity index (χ0v) is 14.7. The van der Waals surface area contributed by atoms with Gasteiger partial charge < -0.3 is 14.6 Å². The molecule has 0 bridgehead atoms. The van der Waals surface area contributed by atoms with Crippen LogP contribution in [0.4, 0.5) is 0 Å². The van der Waals surface area contributed by atoms with E-state index in [4.69, 9.17) is 9.47 Å². The van der Waals surface area contributed by atoms with Crippen molar-refractivity contribution in [1.29, 1.82) is 0 Å². The van der Waals surface area contributed by atoms with E-state index in [9.17, 15) is 5.11 Å². The fourth-order valence-electron chi connectivity index (χ4n) is 3.14. The van der Waals surface area contributed by atoms with Crippen LogP contribution < -0.4 is 0 Å². The van der Waals surface area contributed by atoms with Gasteiger partial charge in [-0.05, 0) is 40.5 Å². The second kappa shape index (κ2) is 6.29. The topological polar surface area (TPSA) is 56.0 Å². The number of imidazole rings is 1. The van der Waals surface area contributed by atoms with Crippen LogP contribution >= 0.6 is 15.9 Å². The van der Waals surface area contributed by atoms with Gasteiger partial charge in [0.15, 0.2) is 6.29 Å². The lowest BCUT2D eigenvalue weighted by Gasteiger charge is -2.19. The van der Waals surface area contributed by atoms with Crippen molar-refractivity contribution < 1.29 is 14.6 Å². The van der Waals surface area contributed by atoms with Crippen LogP contribution in [-0.4, -0.2) is 27.7 Å². The fraction of sp³-hybridized carbons (Fsp3) is 0.278. The van der Waals surface area contributed by atoms with Crippen LogP contribution in [0.3, 0.4) is 0 Å². The Balaban J connectivity index is 1.84. The first-order valence-corrected chi connectivity index (χ1v) is 8.58. The maximum Gasteiger partial charge on any atom is 0.184 e. The number of benzene rings is 1. The molecule has 3 heterocycles. The number of halogens is 1. The standard InChI is InChI=1S/C18H17BrN2O3/c1-11-16(21-10-12(19)6-7-15(21)20-11)17(22)13-4-2-3-5-14(13)18-23-8-9-24-18/h2-7,10,17-18,22H,8-9H2,1H3. The number of aliphatic hydroxyl groups is 1. The Kier molecular flexibility index (Phi) is 4.14. The van der Waals surface area contributed by atoms with E-state index >= 15 is 0 Å². The highest BCUT2D eigenvalue weighted by atomic mass is 79.9. The van der Waals surface area contributed by atoms with Crippen LogP contribution in [0.2, 0.25) is 0 Å². The molecule has 1 aliphatic heterocycles. The van der Waals surface area contributed by atoms with E-state index in [0.29, 0.717) is 13.2 Å². The van der Waals surface area contributed by atoms with Gasteiger partial charge in [0.2, 0.25) is 0 Å². The Bertz CT molecular complexity index is 887. The van der Waals surface area contributed by atoms with E-state index in [1.165, 1.54) is 0 Å². The van der Waals surface area contributed by atoms with Crippen molar-refractivity contribution in [3.63, 3.8) is 0 Å². The Morgan fingerprint density at radius 1 is 1.21 bits per heavy atom. The van der Waals surface area contributed by atoms with Crippen molar-refractivity contribution in [2.75, 3.05) is 13.2 Å². The normalized spacial score (nSPS) is 16.8. The number of aliphatic hydroxyl groups excluding tert-OH is 1. The molecule has 24 heavy (non-hydrogen) atoms. The van der Waals surface area contributed by atoms with E-state index in [1.54, 1.807) is 0 Å². The molecule has 2 aromatic heterocycles. The minimum Gasteiger partial charge on any atom is -0.382 e. The maximum atomic E-state index is 11.1. The molecule has 5 nitrogen and oxygen atoms in total. The largest absolute Gasteiger partial charge is 0.382 e. The number of hydrogen-bond acceptors (Lipinski definition) is 4. The number of pyridine rings is 1. The van der Waals surface area contributed by atoms with E-state index in [0.717, 1.165) is 32.6 Å². The molecule has 0 spiro atoms. The van der Waals surface area contributed by atoms with Crippen molar-refractivity contribution >= 4 is 21.6 Å². The highest BCUT2D eigenvalue weighted by Gasteiger charge is 2.27. The molecule has 1 atom stereocenters. The van der Waals surface area contributed by atoms with Crippen LogP contribution in [0.5, 0.6) is 0 Å². The van der Waals surface area contributed by atoms with Gasteiger partial charge in [0.1, 0.15) is 11.8 Å². The van der Waals surface area contributed by atoms with Crippen LogP contribution in [0, 0.1) is 6.92 Å². The Labute approximate surface area is 148 Å². The molecule has 3 aromatic rings. The first-order valence-electron chi connectivity index (χ1n) is 7.79.